The van der Waals surface area contributed by atoms with Crippen LogP contribution in [0, 0.1) is 17.8 Å². The van der Waals surface area contributed by atoms with E-state index >= 15 is 0 Å². The zero-order valence-corrected chi connectivity index (χ0v) is 22.2. The largest absolute Gasteiger partial charge is 0.478 e. The second-order valence-corrected chi connectivity index (χ2v) is 9.95. The van der Waals surface area contributed by atoms with E-state index in [-0.39, 0.29) is 17.2 Å². The molecule has 0 heterocycles. The lowest BCUT2D eigenvalue weighted by molar-refractivity contribution is -0.0715. The van der Waals surface area contributed by atoms with E-state index in [0.29, 0.717) is 34.6 Å². The van der Waals surface area contributed by atoms with Gasteiger partial charge in [-0.25, -0.2) is 9.59 Å². The van der Waals surface area contributed by atoms with E-state index in [1.54, 1.807) is 31.2 Å². The Hall–Kier alpha value is -2.12. The second-order valence-electron chi connectivity index (χ2n) is 9.08. The summed E-state index contributed by atoms with van der Waals surface area (Å²) in [4.78, 5) is 20.6. The fraction of sp³-hybridized carbons (Fsp3) is 0.481. The SMILES string of the molecule is CC(O)COC1CCCC(C)C1C(C)C.O=C(O)c1cccc(Cl)c1.O=C(O)c1cccc(Cl)c1. The first-order valence-corrected chi connectivity index (χ1v) is 12.4. The van der Waals surface area contributed by atoms with E-state index in [1.807, 2.05) is 0 Å². The van der Waals surface area contributed by atoms with Gasteiger partial charge in [-0.3, -0.25) is 0 Å². The fourth-order valence-electron chi connectivity index (χ4n) is 4.18. The summed E-state index contributed by atoms with van der Waals surface area (Å²) in [5.74, 6) is 0.194. The van der Waals surface area contributed by atoms with Crippen molar-refractivity contribution in [2.24, 2.45) is 17.8 Å². The van der Waals surface area contributed by atoms with E-state index in [2.05, 4.69) is 20.8 Å². The molecule has 1 aliphatic carbocycles. The fourth-order valence-corrected chi connectivity index (χ4v) is 4.56. The molecule has 3 N–H and O–H groups in total. The monoisotopic (exact) mass is 526 g/mol. The Labute approximate surface area is 217 Å². The average molecular weight is 527 g/mol. The van der Waals surface area contributed by atoms with Gasteiger partial charge >= 0.3 is 11.9 Å². The van der Waals surface area contributed by atoms with Gasteiger partial charge in [0.25, 0.3) is 0 Å². The van der Waals surface area contributed by atoms with Crippen LogP contribution in [0.3, 0.4) is 0 Å². The number of halogens is 2. The average Bonchev–Trinajstić information content (AvgIpc) is 2.78. The minimum Gasteiger partial charge on any atom is -0.478 e. The first-order chi connectivity index (χ1) is 16.4. The number of hydrogen-bond donors (Lipinski definition) is 3. The molecule has 194 valence electrons. The van der Waals surface area contributed by atoms with Crippen LogP contribution >= 0.6 is 23.2 Å². The molecule has 35 heavy (non-hydrogen) atoms. The summed E-state index contributed by atoms with van der Waals surface area (Å²) in [6, 6.07) is 12.3. The lowest BCUT2D eigenvalue weighted by Gasteiger charge is -2.39. The molecule has 0 aliphatic heterocycles. The normalized spacial score (nSPS) is 20.1. The number of carboxylic acids is 2. The Morgan fingerprint density at radius 3 is 1.77 bits per heavy atom. The Bertz CT molecular complexity index is 876. The summed E-state index contributed by atoms with van der Waals surface area (Å²) < 4.78 is 5.84. The topological polar surface area (TPSA) is 104 Å². The summed E-state index contributed by atoms with van der Waals surface area (Å²) in [7, 11) is 0. The maximum atomic E-state index is 10.3. The molecular weight excluding hydrogens is 491 g/mol. The summed E-state index contributed by atoms with van der Waals surface area (Å²) in [5, 5.41) is 27.0. The van der Waals surface area contributed by atoms with Crippen molar-refractivity contribution in [3.8, 4) is 0 Å². The minimum absolute atomic E-state index is 0.215. The number of carbonyl (C=O) groups is 2. The highest BCUT2D eigenvalue weighted by atomic mass is 35.5. The quantitative estimate of drug-likeness (QED) is 0.377. The van der Waals surface area contributed by atoms with Gasteiger partial charge in [0.05, 0.1) is 29.9 Å². The Morgan fingerprint density at radius 2 is 1.43 bits per heavy atom. The lowest BCUT2D eigenvalue weighted by Crippen LogP contribution is -2.37. The van der Waals surface area contributed by atoms with Gasteiger partial charge in [0, 0.05) is 10.0 Å². The van der Waals surface area contributed by atoms with Crippen LogP contribution < -0.4 is 0 Å². The molecule has 0 spiro atoms. The van der Waals surface area contributed by atoms with Gasteiger partial charge in [-0.15, -0.1) is 0 Å². The Morgan fingerprint density at radius 1 is 0.943 bits per heavy atom. The number of hydrogen-bond acceptors (Lipinski definition) is 4. The molecule has 2 aromatic rings. The number of rotatable bonds is 6. The van der Waals surface area contributed by atoms with Crippen molar-refractivity contribution >= 4 is 35.1 Å². The number of benzene rings is 2. The summed E-state index contributed by atoms with van der Waals surface area (Å²) in [6.07, 6.45) is 3.80. The van der Waals surface area contributed by atoms with Crippen molar-refractivity contribution in [2.45, 2.75) is 59.2 Å². The van der Waals surface area contributed by atoms with E-state index < -0.39 is 11.9 Å². The molecular formula is C27H36Cl2O6. The van der Waals surface area contributed by atoms with Crippen LogP contribution in [0.2, 0.25) is 10.0 Å². The van der Waals surface area contributed by atoms with E-state index in [9.17, 15) is 14.7 Å². The van der Waals surface area contributed by atoms with Crippen molar-refractivity contribution in [1.82, 2.24) is 0 Å². The first-order valence-electron chi connectivity index (χ1n) is 11.7. The molecule has 4 atom stereocenters. The van der Waals surface area contributed by atoms with Crippen molar-refractivity contribution in [2.75, 3.05) is 6.61 Å². The van der Waals surface area contributed by atoms with Crippen molar-refractivity contribution in [3.63, 3.8) is 0 Å². The standard InChI is InChI=1S/C13H26O2.2C7H5ClO2/c1-9(2)13-10(3)6-5-7-12(13)15-8-11(4)14;2*8-6-3-1-2-5(4-6)7(9)10/h9-14H,5-8H2,1-4H3;2*1-4H,(H,9,10). The molecule has 1 fully saturated rings. The predicted octanol–water partition coefficient (Wildman–Crippen LogP) is 6.92. The van der Waals surface area contributed by atoms with Gasteiger partial charge in [-0.1, -0.05) is 68.9 Å². The summed E-state index contributed by atoms with van der Waals surface area (Å²) >= 11 is 11.1. The summed E-state index contributed by atoms with van der Waals surface area (Å²) in [5.41, 5.74) is 0.431. The molecule has 1 aliphatic rings. The van der Waals surface area contributed by atoms with Gasteiger partial charge in [0.15, 0.2) is 0 Å². The number of ether oxygens (including phenoxy) is 1. The second kappa shape index (κ2) is 15.8. The molecule has 2 aromatic carbocycles. The van der Waals surface area contributed by atoms with Crippen molar-refractivity contribution < 1.29 is 29.6 Å². The van der Waals surface area contributed by atoms with Crippen LogP contribution in [0.1, 0.15) is 67.7 Å². The molecule has 0 saturated heterocycles. The molecule has 0 radical (unpaired) electrons. The molecule has 3 rings (SSSR count). The van der Waals surface area contributed by atoms with Crippen LogP contribution in [-0.4, -0.2) is 46.1 Å². The third kappa shape index (κ3) is 11.9. The Kier molecular flexibility index (Phi) is 13.9. The zero-order chi connectivity index (χ0) is 26.5. The first kappa shape index (κ1) is 30.9. The minimum atomic E-state index is -0.956. The predicted molar refractivity (Wildman–Crippen MR) is 140 cm³/mol. The molecule has 0 amide bonds. The third-order valence-corrected chi connectivity index (χ3v) is 6.17. The molecule has 1 saturated carbocycles. The molecule has 0 bridgehead atoms. The van der Waals surface area contributed by atoms with Crippen LogP contribution in [0.5, 0.6) is 0 Å². The van der Waals surface area contributed by atoms with E-state index in [1.165, 1.54) is 43.5 Å². The van der Waals surface area contributed by atoms with E-state index in [4.69, 9.17) is 38.2 Å². The molecule has 4 unspecified atom stereocenters. The molecule has 0 aromatic heterocycles. The molecule has 8 heteroatoms. The highest BCUT2D eigenvalue weighted by Crippen LogP contribution is 2.36. The van der Waals surface area contributed by atoms with Gasteiger partial charge < -0.3 is 20.1 Å². The number of aromatic carboxylic acids is 2. The highest BCUT2D eigenvalue weighted by molar-refractivity contribution is 6.31. The van der Waals surface area contributed by atoms with Gasteiger partial charge in [-0.05, 0) is 67.5 Å². The Balaban J connectivity index is 0.000000271. The van der Waals surface area contributed by atoms with Crippen molar-refractivity contribution in [1.29, 1.82) is 0 Å². The lowest BCUT2D eigenvalue weighted by atomic mass is 9.72. The van der Waals surface area contributed by atoms with Crippen LogP contribution in [0.4, 0.5) is 0 Å². The maximum Gasteiger partial charge on any atom is 0.335 e. The van der Waals surface area contributed by atoms with Gasteiger partial charge in [0.1, 0.15) is 0 Å². The zero-order valence-electron chi connectivity index (χ0n) is 20.7. The van der Waals surface area contributed by atoms with Crippen LogP contribution in [0.25, 0.3) is 0 Å². The third-order valence-electron chi connectivity index (χ3n) is 5.70. The summed E-state index contributed by atoms with van der Waals surface area (Å²) in [6.45, 7) is 9.18. The van der Waals surface area contributed by atoms with E-state index in [0.717, 1.165) is 5.92 Å². The highest BCUT2D eigenvalue weighted by Gasteiger charge is 2.33. The molecule has 6 nitrogen and oxygen atoms in total. The van der Waals surface area contributed by atoms with Crippen molar-refractivity contribution in [3.05, 3.63) is 69.7 Å². The maximum absolute atomic E-state index is 10.3. The number of aliphatic hydroxyl groups is 1. The van der Waals surface area contributed by atoms with Crippen LogP contribution in [0.15, 0.2) is 48.5 Å². The van der Waals surface area contributed by atoms with Crippen LogP contribution in [-0.2, 0) is 4.74 Å². The van der Waals surface area contributed by atoms with Gasteiger partial charge in [-0.2, -0.15) is 0 Å². The van der Waals surface area contributed by atoms with Gasteiger partial charge in [0.2, 0.25) is 0 Å². The smallest absolute Gasteiger partial charge is 0.335 e. The number of carboxylic acid groups (broad SMARTS) is 2. The number of aliphatic hydroxyl groups excluding tert-OH is 1.